The van der Waals surface area contributed by atoms with Gasteiger partial charge in [-0.1, -0.05) is 6.08 Å². The molecule has 2 N–H and O–H groups in total. The molecule has 1 fully saturated rings. The average molecular weight is 184 g/mol. The lowest BCUT2D eigenvalue weighted by Crippen LogP contribution is -2.49. The molecule has 1 saturated heterocycles. The number of likely N-dealkylation sites (N-methyl/N-ethyl adjacent to an activating group) is 1. The molecule has 0 aliphatic carbocycles. The summed E-state index contributed by atoms with van der Waals surface area (Å²) in [5, 5.41) is 5.83. The zero-order valence-electron chi connectivity index (χ0n) is 8.04. The number of carbonyl (C=O) groups is 1. The van der Waals surface area contributed by atoms with Gasteiger partial charge in [0.25, 0.3) is 0 Å². The molecule has 1 aliphatic heterocycles. The van der Waals surface area contributed by atoms with Gasteiger partial charge in [-0.05, 0) is 6.92 Å². The van der Waals surface area contributed by atoms with Crippen LogP contribution < -0.4 is 10.6 Å². The standard InChI is InChI=1S/C9H16N2O2/c1-7(3-4-9(12)10-2)11-8-5-13-6-8/h3-4,7-8,11H,5-6H2,1-2H3,(H,10,12). The van der Waals surface area contributed by atoms with Crippen LogP contribution in [-0.2, 0) is 9.53 Å². The van der Waals surface area contributed by atoms with Crippen LogP contribution >= 0.6 is 0 Å². The van der Waals surface area contributed by atoms with Gasteiger partial charge in [-0.15, -0.1) is 0 Å². The predicted molar refractivity (Wildman–Crippen MR) is 50.4 cm³/mol. The Morgan fingerprint density at radius 3 is 2.77 bits per heavy atom. The fraction of sp³-hybridized carbons (Fsp3) is 0.667. The first-order valence-electron chi connectivity index (χ1n) is 4.46. The molecule has 0 spiro atoms. The number of hydrogen-bond acceptors (Lipinski definition) is 3. The summed E-state index contributed by atoms with van der Waals surface area (Å²) >= 11 is 0. The van der Waals surface area contributed by atoms with Gasteiger partial charge in [-0.3, -0.25) is 4.79 Å². The first kappa shape index (κ1) is 10.2. The van der Waals surface area contributed by atoms with Crippen LogP contribution in [0.3, 0.4) is 0 Å². The van der Waals surface area contributed by atoms with Crippen LogP contribution in [0.15, 0.2) is 12.2 Å². The number of ether oxygens (including phenoxy) is 1. The zero-order valence-corrected chi connectivity index (χ0v) is 8.04. The fourth-order valence-corrected chi connectivity index (χ4v) is 1.07. The summed E-state index contributed by atoms with van der Waals surface area (Å²) in [6, 6.07) is 0.663. The van der Waals surface area contributed by atoms with E-state index in [0.29, 0.717) is 6.04 Å². The molecule has 1 amide bonds. The van der Waals surface area contributed by atoms with Gasteiger partial charge in [0.1, 0.15) is 0 Å². The van der Waals surface area contributed by atoms with Gasteiger partial charge in [0.15, 0.2) is 0 Å². The van der Waals surface area contributed by atoms with E-state index in [9.17, 15) is 4.79 Å². The Bertz CT molecular complexity index is 200. The van der Waals surface area contributed by atoms with E-state index in [4.69, 9.17) is 4.74 Å². The quantitative estimate of drug-likeness (QED) is 0.588. The largest absolute Gasteiger partial charge is 0.378 e. The van der Waals surface area contributed by atoms with Crippen molar-refractivity contribution in [1.82, 2.24) is 10.6 Å². The number of rotatable bonds is 4. The van der Waals surface area contributed by atoms with Crippen LogP contribution in [0, 0.1) is 0 Å². The van der Waals surface area contributed by atoms with E-state index >= 15 is 0 Å². The molecule has 1 rings (SSSR count). The molecule has 4 nitrogen and oxygen atoms in total. The summed E-state index contributed by atoms with van der Waals surface area (Å²) in [6.45, 7) is 3.56. The van der Waals surface area contributed by atoms with Crippen LogP contribution in [0.2, 0.25) is 0 Å². The van der Waals surface area contributed by atoms with Crippen molar-refractivity contribution in [3.05, 3.63) is 12.2 Å². The van der Waals surface area contributed by atoms with Crippen molar-refractivity contribution in [3.63, 3.8) is 0 Å². The van der Waals surface area contributed by atoms with Crippen molar-refractivity contribution in [2.45, 2.75) is 19.0 Å². The van der Waals surface area contributed by atoms with Crippen LogP contribution in [0.1, 0.15) is 6.92 Å². The summed E-state index contributed by atoms with van der Waals surface area (Å²) in [4.78, 5) is 10.8. The van der Waals surface area contributed by atoms with E-state index in [2.05, 4.69) is 10.6 Å². The summed E-state index contributed by atoms with van der Waals surface area (Å²) < 4.78 is 5.02. The van der Waals surface area contributed by atoms with Gasteiger partial charge in [-0.2, -0.15) is 0 Å². The summed E-state index contributed by atoms with van der Waals surface area (Å²) in [6.07, 6.45) is 3.38. The van der Waals surface area contributed by atoms with Crippen molar-refractivity contribution < 1.29 is 9.53 Å². The highest BCUT2D eigenvalue weighted by molar-refractivity contribution is 5.87. The zero-order chi connectivity index (χ0) is 9.68. The van der Waals surface area contributed by atoms with Gasteiger partial charge in [0, 0.05) is 19.2 Å². The molecule has 1 atom stereocenters. The summed E-state index contributed by atoms with van der Waals surface area (Å²) in [7, 11) is 1.62. The molecule has 0 aromatic rings. The van der Waals surface area contributed by atoms with Crippen molar-refractivity contribution in [2.24, 2.45) is 0 Å². The Morgan fingerprint density at radius 1 is 1.62 bits per heavy atom. The van der Waals surface area contributed by atoms with Gasteiger partial charge in [-0.25, -0.2) is 0 Å². The van der Waals surface area contributed by atoms with Crippen LogP contribution in [0.4, 0.5) is 0 Å². The smallest absolute Gasteiger partial charge is 0.243 e. The second-order valence-electron chi connectivity index (χ2n) is 3.16. The van der Waals surface area contributed by atoms with Crippen molar-refractivity contribution >= 4 is 5.91 Å². The summed E-state index contributed by atoms with van der Waals surface area (Å²) in [5.74, 6) is -0.0708. The second kappa shape index (κ2) is 4.99. The highest BCUT2D eigenvalue weighted by Gasteiger charge is 2.18. The first-order valence-corrected chi connectivity index (χ1v) is 4.46. The number of carbonyl (C=O) groups excluding carboxylic acids is 1. The lowest BCUT2D eigenvalue weighted by molar-refractivity contribution is -0.116. The molecule has 1 aliphatic rings. The SMILES string of the molecule is CNC(=O)C=CC(C)NC1COC1. The average Bonchev–Trinajstić information content (AvgIpc) is 2.07. The maximum atomic E-state index is 10.8. The molecule has 0 saturated carbocycles. The lowest BCUT2D eigenvalue weighted by Gasteiger charge is -2.29. The number of amides is 1. The Hall–Kier alpha value is -0.870. The van der Waals surface area contributed by atoms with Crippen molar-refractivity contribution in [1.29, 1.82) is 0 Å². The maximum absolute atomic E-state index is 10.8. The monoisotopic (exact) mass is 184 g/mol. The third-order valence-corrected chi connectivity index (χ3v) is 1.92. The van der Waals surface area contributed by atoms with E-state index in [1.54, 1.807) is 7.05 Å². The van der Waals surface area contributed by atoms with Gasteiger partial charge < -0.3 is 15.4 Å². The number of hydrogen-bond donors (Lipinski definition) is 2. The Labute approximate surface area is 78.3 Å². The molecule has 13 heavy (non-hydrogen) atoms. The van der Waals surface area contributed by atoms with Gasteiger partial charge in [0.2, 0.25) is 5.91 Å². The topological polar surface area (TPSA) is 50.4 Å². The van der Waals surface area contributed by atoms with Crippen LogP contribution in [0.25, 0.3) is 0 Å². The van der Waals surface area contributed by atoms with Gasteiger partial charge in [0.05, 0.1) is 19.3 Å². The molecule has 74 valence electrons. The normalized spacial score (nSPS) is 19.8. The molecule has 0 aromatic carbocycles. The van der Waals surface area contributed by atoms with Gasteiger partial charge >= 0.3 is 0 Å². The molecular weight excluding hydrogens is 168 g/mol. The molecule has 0 bridgehead atoms. The predicted octanol–water partition coefficient (Wildman–Crippen LogP) is -0.335. The van der Waals surface area contributed by atoms with E-state index < -0.39 is 0 Å². The fourth-order valence-electron chi connectivity index (χ4n) is 1.07. The van der Waals surface area contributed by atoms with E-state index in [1.807, 2.05) is 13.0 Å². The van der Waals surface area contributed by atoms with Crippen LogP contribution in [0.5, 0.6) is 0 Å². The molecule has 0 aromatic heterocycles. The minimum Gasteiger partial charge on any atom is -0.378 e. The Morgan fingerprint density at radius 2 is 2.31 bits per heavy atom. The third kappa shape index (κ3) is 3.57. The van der Waals surface area contributed by atoms with Crippen LogP contribution in [-0.4, -0.2) is 38.3 Å². The summed E-state index contributed by atoms with van der Waals surface area (Å²) in [5.41, 5.74) is 0. The van der Waals surface area contributed by atoms with Crippen molar-refractivity contribution in [3.8, 4) is 0 Å². The molecule has 4 heteroatoms. The lowest BCUT2D eigenvalue weighted by atomic mass is 10.2. The molecule has 1 unspecified atom stereocenters. The molecular formula is C9H16N2O2. The maximum Gasteiger partial charge on any atom is 0.243 e. The Balaban J connectivity index is 2.18. The van der Waals surface area contributed by atoms with Crippen molar-refractivity contribution in [2.75, 3.05) is 20.3 Å². The minimum atomic E-state index is -0.0708. The molecule has 0 radical (unpaired) electrons. The van der Waals surface area contributed by atoms with E-state index in [-0.39, 0.29) is 11.9 Å². The van der Waals surface area contributed by atoms with E-state index in [1.165, 1.54) is 6.08 Å². The highest BCUT2D eigenvalue weighted by Crippen LogP contribution is 2.01. The first-order chi connectivity index (χ1) is 6.22. The van der Waals surface area contributed by atoms with E-state index in [0.717, 1.165) is 13.2 Å². The minimum absolute atomic E-state index is 0.0708. The second-order valence-corrected chi connectivity index (χ2v) is 3.16. The third-order valence-electron chi connectivity index (χ3n) is 1.92. The number of nitrogens with one attached hydrogen (secondary N) is 2. The Kier molecular flexibility index (Phi) is 3.92. The molecule has 1 heterocycles. The highest BCUT2D eigenvalue weighted by atomic mass is 16.5.